The highest BCUT2D eigenvalue weighted by atomic mass is 16.2. The molecule has 0 radical (unpaired) electrons. The molecule has 0 aromatic heterocycles. The van der Waals surface area contributed by atoms with E-state index in [0.29, 0.717) is 6.04 Å². The van der Waals surface area contributed by atoms with E-state index in [1.807, 2.05) is 18.2 Å². The second-order valence-corrected chi connectivity index (χ2v) is 5.54. The molecule has 3 unspecified atom stereocenters. The van der Waals surface area contributed by atoms with Crippen molar-refractivity contribution in [2.45, 2.75) is 64.7 Å². The van der Waals surface area contributed by atoms with Crippen LogP contribution in [0.25, 0.3) is 0 Å². The molecule has 2 rings (SSSR count). The van der Waals surface area contributed by atoms with E-state index in [0.717, 1.165) is 25.7 Å². The zero-order valence-corrected chi connectivity index (χ0v) is 12.8. The molecule has 1 fully saturated rings. The van der Waals surface area contributed by atoms with E-state index in [1.54, 1.807) is 0 Å². The van der Waals surface area contributed by atoms with Gasteiger partial charge in [0.2, 0.25) is 5.91 Å². The molecule has 3 heteroatoms. The van der Waals surface area contributed by atoms with Crippen LogP contribution in [-0.4, -0.2) is 22.9 Å². The molecule has 0 aliphatic carbocycles. The van der Waals surface area contributed by atoms with Crippen molar-refractivity contribution in [3.05, 3.63) is 35.9 Å². The van der Waals surface area contributed by atoms with Crippen LogP contribution in [0.3, 0.4) is 0 Å². The summed E-state index contributed by atoms with van der Waals surface area (Å²) in [5.41, 5.74) is 1.19. The molecule has 1 amide bonds. The molecule has 1 aliphatic rings. The molecule has 1 aromatic carbocycles. The van der Waals surface area contributed by atoms with Crippen molar-refractivity contribution in [2.24, 2.45) is 0 Å². The number of rotatable bonds is 6. The molecule has 1 aliphatic heterocycles. The molecule has 0 bridgehead atoms. The predicted octanol–water partition coefficient (Wildman–Crippen LogP) is 3.47. The third kappa shape index (κ3) is 2.88. The summed E-state index contributed by atoms with van der Waals surface area (Å²) in [5, 5.41) is 3.51. The fraction of sp³-hybridized carbons (Fsp3) is 0.588. The second-order valence-electron chi connectivity index (χ2n) is 5.54. The predicted molar refractivity (Wildman–Crippen MR) is 82.2 cm³/mol. The molecule has 0 saturated carbocycles. The highest BCUT2D eigenvalue weighted by molar-refractivity contribution is 5.84. The summed E-state index contributed by atoms with van der Waals surface area (Å²) in [5.74, 6) is 0.265. The summed E-state index contributed by atoms with van der Waals surface area (Å²) < 4.78 is 0. The lowest BCUT2D eigenvalue weighted by atomic mass is 10.0. The van der Waals surface area contributed by atoms with E-state index >= 15 is 0 Å². The van der Waals surface area contributed by atoms with Gasteiger partial charge in [0.1, 0.15) is 6.17 Å². The maximum atomic E-state index is 12.7. The minimum atomic E-state index is -0.0360. The Balaban J connectivity index is 2.30. The van der Waals surface area contributed by atoms with Gasteiger partial charge in [0, 0.05) is 6.04 Å². The summed E-state index contributed by atoms with van der Waals surface area (Å²) >= 11 is 0. The SMILES string of the molecule is CCCC(CC)N1C(=O)C(CC)NC1c1ccccc1. The average Bonchev–Trinajstić information content (AvgIpc) is 2.82. The van der Waals surface area contributed by atoms with Gasteiger partial charge in [0.05, 0.1) is 6.04 Å². The largest absolute Gasteiger partial charge is 0.319 e. The van der Waals surface area contributed by atoms with Crippen LogP contribution in [0.15, 0.2) is 30.3 Å². The summed E-state index contributed by atoms with van der Waals surface area (Å²) in [6.45, 7) is 6.43. The Hall–Kier alpha value is -1.35. The van der Waals surface area contributed by atoms with Gasteiger partial charge in [-0.15, -0.1) is 0 Å². The van der Waals surface area contributed by atoms with E-state index in [4.69, 9.17) is 0 Å². The second kappa shape index (κ2) is 6.89. The van der Waals surface area contributed by atoms with E-state index < -0.39 is 0 Å². The van der Waals surface area contributed by atoms with Crippen LogP contribution in [-0.2, 0) is 4.79 Å². The number of benzene rings is 1. The Kier molecular flexibility index (Phi) is 5.18. The number of nitrogens with one attached hydrogen (secondary N) is 1. The number of nitrogens with zero attached hydrogens (tertiary/aromatic N) is 1. The Bertz CT molecular complexity index is 432. The number of carbonyl (C=O) groups is 1. The van der Waals surface area contributed by atoms with E-state index in [9.17, 15) is 4.79 Å². The van der Waals surface area contributed by atoms with Crippen LogP contribution in [0.2, 0.25) is 0 Å². The van der Waals surface area contributed by atoms with Crippen LogP contribution in [0.5, 0.6) is 0 Å². The van der Waals surface area contributed by atoms with Gasteiger partial charge in [-0.1, -0.05) is 57.5 Å². The standard InChI is InChI=1S/C17H26N2O/c1-4-10-14(5-2)19-16(13-11-8-7-9-12-13)18-15(6-3)17(19)20/h7-9,11-12,14-16,18H,4-6,10H2,1-3H3. The topological polar surface area (TPSA) is 32.3 Å². The van der Waals surface area contributed by atoms with Crippen molar-refractivity contribution in [1.82, 2.24) is 10.2 Å². The molecule has 20 heavy (non-hydrogen) atoms. The number of hydrogen-bond donors (Lipinski definition) is 1. The summed E-state index contributed by atoms with van der Waals surface area (Å²) in [6, 6.07) is 10.6. The van der Waals surface area contributed by atoms with Gasteiger partial charge in [-0.05, 0) is 24.8 Å². The highest BCUT2D eigenvalue weighted by Gasteiger charge is 2.41. The van der Waals surface area contributed by atoms with Gasteiger partial charge in [0.15, 0.2) is 0 Å². The summed E-state index contributed by atoms with van der Waals surface area (Å²) in [6.07, 6.45) is 4.08. The first-order valence-corrected chi connectivity index (χ1v) is 7.86. The van der Waals surface area contributed by atoms with Gasteiger partial charge < -0.3 is 4.90 Å². The lowest BCUT2D eigenvalue weighted by Gasteiger charge is -2.32. The monoisotopic (exact) mass is 274 g/mol. The zero-order valence-electron chi connectivity index (χ0n) is 12.8. The van der Waals surface area contributed by atoms with Crippen LogP contribution >= 0.6 is 0 Å². The van der Waals surface area contributed by atoms with E-state index in [-0.39, 0.29) is 18.1 Å². The van der Waals surface area contributed by atoms with E-state index in [1.165, 1.54) is 5.56 Å². The smallest absolute Gasteiger partial charge is 0.241 e. The van der Waals surface area contributed by atoms with Crippen molar-refractivity contribution in [1.29, 1.82) is 0 Å². The van der Waals surface area contributed by atoms with Gasteiger partial charge >= 0.3 is 0 Å². The Morgan fingerprint density at radius 1 is 1.20 bits per heavy atom. The maximum absolute atomic E-state index is 12.7. The van der Waals surface area contributed by atoms with Gasteiger partial charge in [0.25, 0.3) is 0 Å². The summed E-state index contributed by atoms with van der Waals surface area (Å²) in [7, 11) is 0. The minimum absolute atomic E-state index is 0.0325. The molecule has 1 saturated heterocycles. The fourth-order valence-electron chi connectivity index (χ4n) is 3.10. The Morgan fingerprint density at radius 3 is 2.45 bits per heavy atom. The van der Waals surface area contributed by atoms with Crippen LogP contribution < -0.4 is 5.32 Å². The lowest BCUT2D eigenvalue weighted by molar-refractivity contribution is -0.132. The first-order valence-electron chi connectivity index (χ1n) is 7.86. The summed E-state index contributed by atoms with van der Waals surface area (Å²) in [4.78, 5) is 14.7. The molecule has 0 spiro atoms. The third-order valence-electron chi connectivity index (χ3n) is 4.20. The molecule has 1 aromatic rings. The molecule has 110 valence electrons. The molecule has 1 heterocycles. The zero-order chi connectivity index (χ0) is 14.5. The van der Waals surface area contributed by atoms with E-state index in [2.05, 4.69) is 43.1 Å². The van der Waals surface area contributed by atoms with Crippen molar-refractivity contribution >= 4 is 5.91 Å². The Morgan fingerprint density at radius 2 is 1.90 bits per heavy atom. The quantitative estimate of drug-likeness (QED) is 0.861. The highest BCUT2D eigenvalue weighted by Crippen LogP contribution is 2.30. The molecule has 3 atom stereocenters. The normalized spacial score (nSPS) is 24.1. The average molecular weight is 274 g/mol. The minimum Gasteiger partial charge on any atom is -0.319 e. The first kappa shape index (κ1) is 15.0. The third-order valence-corrected chi connectivity index (χ3v) is 4.20. The van der Waals surface area contributed by atoms with Crippen LogP contribution in [0.1, 0.15) is 58.2 Å². The van der Waals surface area contributed by atoms with Gasteiger partial charge in [-0.2, -0.15) is 0 Å². The maximum Gasteiger partial charge on any atom is 0.241 e. The Labute approximate surface area is 122 Å². The number of carbonyl (C=O) groups excluding carboxylic acids is 1. The van der Waals surface area contributed by atoms with Crippen LogP contribution in [0, 0.1) is 0 Å². The van der Waals surface area contributed by atoms with Gasteiger partial charge in [-0.3, -0.25) is 10.1 Å². The van der Waals surface area contributed by atoms with Crippen molar-refractivity contribution in [2.75, 3.05) is 0 Å². The van der Waals surface area contributed by atoms with Crippen molar-refractivity contribution in [3.8, 4) is 0 Å². The number of hydrogen-bond acceptors (Lipinski definition) is 2. The van der Waals surface area contributed by atoms with Gasteiger partial charge in [-0.25, -0.2) is 0 Å². The molecule has 1 N–H and O–H groups in total. The molecular weight excluding hydrogens is 248 g/mol. The van der Waals surface area contributed by atoms with Crippen LogP contribution in [0.4, 0.5) is 0 Å². The molecule has 3 nitrogen and oxygen atoms in total. The fourth-order valence-corrected chi connectivity index (χ4v) is 3.10. The first-order chi connectivity index (χ1) is 9.72. The molecular formula is C17H26N2O. The van der Waals surface area contributed by atoms with Crippen molar-refractivity contribution in [3.63, 3.8) is 0 Å². The number of amides is 1. The lowest BCUT2D eigenvalue weighted by Crippen LogP contribution is -2.39. The van der Waals surface area contributed by atoms with Crippen molar-refractivity contribution < 1.29 is 4.79 Å².